The van der Waals surface area contributed by atoms with Crippen molar-refractivity contribution < 1.29 is 0 Å². The molecule has 0 heteroatoms. The first-order valence-electron chi connectivity index (χ1n) is 8.46. The van der Waals surface area contributed by atoms with Crippen molar-refractivity contribution >= 4 is 0 Å². The van der Waals surface area contributed by atoms with Crippen molar-refractivity contribution in [2.75, 3.05) is 0 Å². The molecule has 0 N–H and O–H groups in total. The van der Waals surface area contributed by atoms with Gasteiger partial charge >= 0.3 is 0 Å². The molecule has 0 nitrogen and oxygen atoms in total. The topological polar surface area (TPSA) is 0 Å². The van der Waals surface area contributed by atoms with Gasteiger partial charge in [-0.1, -0.05) is 80.6 Å². The van der Waals surface area contributed by atoms with Gasteiger partial charge in [-0.3, -0.25) is 0 Å². The average Bonchev–Trinajstić information content (AvgIpc) is 2.62. The van der Waals surface area contributed by atoms with E-state index in [9.17, 15) is 0 Å². The van der Waals surface area contributed by atoms with Crippen molar-refractivity contribution in [1.29, 1.82) is 0 Å². The minimum Gasteiger partial charge on any atom is -0.0648 e. The van der Waals surface area contributed by atoms with Gasteiger partial charge in [-0.2, -0.15) is 0 Å². The quantitative estimate of drug-likeness (QED) is 0.494. The molecule has 0 spiro atoms. The molecule has 23 heavy (non-hydrogen) atoms. The summed E-state index contributed by atoms with van der Waals surface area (Å²) in [5, 5.41) is 0. The van der Waals surface area contributed by atoms with Gasteiger partial charge in [0, 0.05) is 0 Å². The highest BCUT2D eigenvalue weighted by molar-refractivity contribution is 5.75. The van der Waals surface area contributed by atoms with Crippen LogP contribution in [0.5, 0.6) is 0 Å². The molecule has 0 bridgehead atoms. The molecule has 0 saturated heterocycles. The normalized spacial score (nSPS) is 12.1. The summed E-state index contributed by atoms with van der Waals surface area (Å²) in [5.74, 6) is 0.576. The van der Waals surface area contributed by atoms with Crippen LogP contribution < -0.4 is 0 Å². The van der Waals surface area contributed by atoms with Gasteiger partial charge < -0.3 is 0 Å². The highest BCUT2D eigenvalue weighted by atomic mass is 14.2. The van der Waals surface area contributed by atoms with Crippen molar-refractivity contribution in [2.24, 2.45) is 0 Å². The molecule has 0 saturated carbocycles. The lowest BCUT2D eigenvalue weighted by Gasteiger charge is -2.18. The molecule has 1 atom stereocenters. The zero-order valence-corrected chi connectivity index (χ0v) is 14.2. The van der Waals surface area contributed by atoms with Crippen LogP contribution in [0.1, 0.15) is 37.3 Å². The summed E-state index contributed by atoms with van der Waals surface area (Å²) < 4.78 is 0. The van der Waals surface area contributed by atoms with Crippen LogP contribution in [0, 0.1) is 6.92 Å². The highest BCUT2D eigenvalue weighted by Gasteiger charge is 2.13. The summed E-state index contributed by atoms with van der Waals surface area (Å²) in [7, 11) is 0. The van der Waals surface area contributed by atoms with E-state index in [1.165, 1.54) is 33.4 Å². The maximum absolute atomic E-state index is 2.33. The lowest BCUT2D eigenvalue weighted by atomic mass is 9.86. The Morgan fingerprint density at radius 2 is 1.39 bits per heavy atom. The number of rotatable bonds is 4. The van der Waals surface area contributed by atoms with Crippen molar-refractivity contribution in [3.63, 3.8) is 0 Å². The van der Waals surface area contributed by atoms with Crippen LogP contribution in [0.25, 0.3) is 22.3 Å². The fourth-order valence-corrected chi connectivity index (χ4v) is 3.29. The molecule has 1 unspecified atom stereocenters. The fourth-order valence-electron chi connectivity index (χ4n) is 3.29. The van der Waals surface area contributed by atoms with E-state index in [1.807, 2.05) is 0 Å². The Balaban J connectivity index is 2.12. The van der Waals surface area contributed by atoms with E-state index in [0.717, 1.165) is 6.42 Å². The number of benzene rings is 3. The molecule has 0 aliphatic carbocycles. The lowest BCUT2D eigenvalue weighted by Crippen LogP contribution is -1.98. The Bertz CT molecular complexity index is 784. The first kappa shape index (κ1) is 15.6. The Kier molecular flexibility index (Phi) is 4.62. The molecule has 0 aromatic heterocycles. The predicted octanol–water partition coefficient (Wildman–Crippen LogP) is 6.84. The van der Waals surface area contributed by atoms with Crippen LogP contribution in [-0.4, -0.2) is 0 Å². The Morgan fingerprint density at radius 3 is 2.13 bits per heavy atom. The second kappa shape index (κ2) is 6.83. The molecule has 0 heterocycles. The van der Waals surface area contributed by atoms with Gasteiger partial charge in [0.15, 0.2) is 0 Å². The Hall–Kier alpha value is -2.34. The number of hydrogen-bond acceptors (Lipinski definition) is 0. The van der Waals surface area contributed by atoms with E-state index in [2.05, 4.69) is 93.6 Å². The Morgan fingerprint density at radius 1 is 0.739 bits per heavy atom. The summed E-state index contributed by atoms with van der Waals surface area (Å²) in [5.41, 5.74) is 8.11. The van der Waals surface area contributed by atoms with Crippen molar-refractivity contribution in [3.05, 3.63) is 83.9 Å². The van der Waals surface area contributed by atoms with Gasteiger partial charge in [0.25, 0.3) is 0 Å². The molecule has 0 aliphatic heterocycles. The van der Waals surface area contributed by atoms with Crippen LogP contribution in [0.4, 0.5) is 0 Å². The molecule has 3 rings (SSSR count). The maximum atomic E-state index is 2.33. The van der Waals surface area contributed by atoms with Gasteiger partial charge in [-0.05, 0) is 58.7 Å². The summed E-state index contributed by atoms with van der Waals surface area (Å²) in [6.07, 6.45) is 1.16. The van der Waals surface area contributed by atoms with E-state index >= 15 is 0 Å². The number of hydrogen-bond donors (Lipinski definition) is 0. The largest absolute Gasteiger partial charge is 0.0648 e. The molecule has 0 radical (unpaired) electrons. The third-order valence-corrected chi connectivity index (χ3v) is 4.71. The standard InChI is InChI=1S/C23H24/c1-4-17(2)23-18(3)10-8-15-22(23)21-14-9-13-20(16-21)19-11-6-5-7-12-19/h5-17H,4H2,1-3H3. The minimum absolute atomic E-state index is 0.576. The van der Waals surface area contributed by atoms with Crippen LogP contribution in [-0.2, 0) is 0 Å². The van der Waals surface area contributed by atoms with E-state index in [-0.39, 0.29) is 0 Å². The monoisotopic (exact) mass is 300 g/mol. The fraction of sp³-hybridized carbons (Fsp3) is 0.217. The first-order chi connectivity index (χ1) is 11.2. The van der Waals surface area contributed by atoms with Gasteiger partial charge in [0.05, 0.1) is 0 Å². The first-order valence-corrected chi connectivity index (χ1v) is 8.46. The average molecular weight is 300 g/mol. The molecular formula is C23H24. The van der Waals surface area contributed by atoms with Crippen molar-refractivity contribution in [1.82, 2.24) is 0 Å². The summed E-state index contributed by atoms with van der Waals surface area (Å²) in [6.45, 7) is 6.82. The maximum Gasteiger partial charge on any atom is -0.0146 e. The second-order valence-electron chi connectivity index (χ2n) is 6.29. The summed E-state index contributed by atoms with van der Waals surface area (Å²) in [4.78, 5) is 0. The smallest absolute Gasteiger partial charge is 0.0146 e. The lowest BCUT2D eigenvalue weighted by molar-refractivity contribution is 0.730. The van der Waals surface area contributed by atoms with Gasteiger partial charge in [0.2, 0.25) is 0 Å². The van der Waals surface area contributed by atoms with Crippen LogP contribution in [0.2, 0.25) is 0 Å². The van der Waals surface area contributed by atoms with Gasteiger partial charge in [-0.15, -0.1) is 0 Å². The van der Waals surface area contributed by atoms with E-state index < -0.39 is 0 Å². The summed E-state index contributed by atoms with van der Waals surface area (Å²) in [6, 6.07) is 26.2. The van der Waals surface area contributed by atoms with Gasteiger partial charge in [-0.25, -0.2) is 0 Å². The molecule has 0 aliphatic rings. The predicted molar refractivity (Wildman–Crippen MR) is 101 cm³/mol. The highest BCUT2D eigenvalue weighted by Crippen LogP contribution is 2.35. The zero-order valence-electron chi connectivity index (χ0n) is 14.2. The molecule has 3 aromatic carbocycles. The van der Waals surface area contributed by atoms with Gasteiger partial charge in [0.1, 0.15) is 0 Å². The molecule has 116 valence electrons. The molecule has 0 fully saturated rings. The third kappa shape index (κ3) is 3.22. The van der Waals surface area contributed by atoms with Crippen LogP contribution >= 0.6 is 0 Å². The third-order valence-electron chi connectivity index (χ3n) is 4.71. The van der Waals surface area contributed by atoms with Crippen molar-refractivity contribution in [3.8, 4) is 22.3 Å². The summed E-state index contributed by atoms with van der Waals surface area (Å²) >= 11 is 0. The van der Waals surface area contributed by atoms with Crippen LogP contribution in [0.3, 0.4) is 0 Å². The Labute approximate surface area is 139 Å². The van der Waals surface area contributed by atoms with Crippen molar-refractivity contribution in [2.45, 2.75) is 33.1 Å². The minimum atomic E-state index is 0.576. The van der Waals surface area contributed by atoms with E-state index in [4.69, 9.17) is 0 Å². The van der Waals surface area contributed by atoms with Crippen LogP contribution in [0.15, 0.2) is 72.8 Å². The SMILES string of the molecule is CCC(C)c1c(C)cccc1-c1cccc(-c2ccccc2)c1. The zero-order chi connectivity index (χ0) is 16.2. The molecular weight excluding hydrogens is 276 g/mol. The molecule has 3 aromatic rings. The second-order valence-corrected chi connectivity index (χ2v) is 6.29. The van der Waals surface area contributed by atoms with E-state index in [0.29, 0.717) is 5.92 Å². The van der Waals surface area contributed by atoms with E-state index in [1.54, 1.807) is 0 Å². The number of aryl methyl sites for hydroxylation is 1. The molecule has 0 amide bonds.